The normalized spacial score (nSPS) is 11.9. The SMILES string of the molecule is c1ccc(-c2ccc(-c3ccc4oc5c(-c6cccc7sc8c(-c9ccc%10c(c9)c9ccccc9n%10-c9ccccc9)cccc8c67)ncnc5c4c3)cc2)cc1. The minimum Gasteiger partial charge on any atom is -0.452 e. The molecule has 0 saturated heterocycles. The maximum absolute atomic E-state index is 6.62. The summed E-state index contributed by atoms with van der Waals surface area (Å²) in [5.41, 5.74) is 14.8. The Morgan fingerprint density at radius 3 is 1.96 bits per heavy atom. The highest BCUT2D eigenvalue weighted by molar-refractivity contribution is 7.26. The molecule has 12 rings (SSSR count). The van der Waals surface area contributed by atoms with E-state index in [0.717, 1.165) is 44.6 Å². The summed E-state index contributed by atoms with van der Waals surface area (Å²) in [7, 11) is 0. The number of furan rings is 1. The van der Waals surface area contributed by atoms with Crippen LogP contribution in [0.5, 0.6) is 0 Å². The zero-order valence-electron chi connectivity index (χ0n) is 30.6. The molecule has 0 aliphatic rings. The summed E-state index contributed by atoms with van der Waals surface area (Å²) in [4.78, 5) is 9.69. The number of hydrogen-bond donors (Lipinski definition) is 0. The van der Waals surface area contributed by atoms with Gasteiger partial charge in [-0.1, -0.05) is 133 Å². The lowest BCUT2D eigenvalue weighted by Crippen LogP contribution is -1.92. The Kier molecular flexibility index (Phi) is 7.06. The van der Waals surface area contributed by atoms with E-state index in [9.17, 15) is 0 Å². The van der Waals surface area contributed by atoms with Crippen molar-refractivity contribution < 1.29 is 4.42 Å². The van der Waals surface area contributed by atoms with E-state index >= 15 is 0 Å². The third-order valence-electron chi connectivity index (χ3n) is 11.4. The molecule has 8 aromatic carbocycles. The van der Waals surface area contributed by atoms with Crippen LogP contribution >= 0.6 is 11.3 Å². The minimum absolute atomic E-state index is 0.701. The second kappa shape index (κ2) is 12.6. The van der Waals surface area contributed by atoms with Gasteiger partial charge in [0, 0.05) is 47.6 Å². The number of aromatic nitrogens is 3. The molecule has 4 aromatic heterocycles. The molecule has 0 fully saturated rings. The van der Waals surface area contributed by atoms with Gasteiger partial charge in [-0.15, -0.1) is 11.3 Å². The Labute approximate surface area is 331 Å². The van der Waals surface area contributed by atoms with E-state index in [2.05, 4.69) is 180 Å². The molecule has 0 saturated carbocycles. The summed E-state index contributed by atoms with van der Waals surface area (Å²) < 4.78 is 11.5. The molecule has 266 valence electrons. The summed E-state index contributed by atoms with van der Waals surface area (Å²) in [6.45, 7) is 0. The van der Waals surface area contributed by atoms with Crippen LogP contribution in [0.3, 0.4) is 0 Å². The first-order valence-electron chi connectivity index (χ1n) is 19.1. The van der Waals surface area contributed by atoms with Crippen molar-refractivity contribution in [2.45, 2.75) is 0 Å². The minimum atomic E-state index is 0.701. The van der Waals surface area contributed by atoms with Crippen LogP contribution in [0.4, 0.5) is 0 Å². The summed E-state index contributed by atoms with van der Waals surface area (Å²) >= 11 is 1.83. The van der Waals surface area contributed by atoms with Gasteiger partial charge < -0.3 is 8.98 Å². The van der Waals surface area contributed by atoms with Gasteiger partial charge in [-0.2, -0.15) is 0 Å². The van der Waals surface area contributed by atoms with Crippen molar-refractivity contribution in [3.05, 3.63) is 188 Å². The highest BCUT2D eigenvalue weighted by atomic mass is 32.1. The highest BCUT2D eigenvalue weighted by Crippen LogP contribution is 2.46. The van der Waals surface area contributed by atoms with Gasteiger partial charge in [-0.05, 0) is 81.9 Å². The van der Waals surface area contributed by atoms with Crippen LogP contribution in [0.25, 0.3) is 114 Å². The average molecular weight is 746 g/mol. The van der Waals surface area contributed by atoms with Crippen molar-refractivity contribution in [2.24, 2.45) is 0 Å². The third-order valence-corrected chi connectivity index (χ3v) is 12.6. The van der Waals surface area contributed by atoms with Crippen LogP contribution < -0.4 is 0 Å². The van der Waals surface area contributed by atoms with Crippen molar-refractivity contribution in [1.82, 2.24) is 14.5 Å². The van der Waals surface area contributed by atoms with E-state index in [4.69, 9.17) is 14.4 Å². The van der Waals surface area contributed by atoms with Crippen molar-refractivity contribution >= 4 is 75.4 Å². The van der Waals surface area contributed by atoms with E-state index in [0.29, 0.717) is 5.58 Å². The fourth-order valence-electron chi connectivity index (χ4n) is 8.70. The Morgan fingerprint density at radius 2 is 1.11 bits per heavy atom. The van der Waals surface area contributed by atoms with E-state index < -0.39 is 0 Å². The van der Waals surface area contributed by atoms with Gasteiger partial charge >= 0.3 is 0 Å². The van der Waals surface area contributed by atoms with Crippen LogP contribution in [0.2, 0.25) is 0 Å². The molecule has 4 heterocycles. The molecule has 0 atom stereocenters. The first kappa shape index (κ1) is 32.0. The monoisotopic (exact) mass is 745 g/mol. The molecule has 0 unspecified atom stereocenters. The predicted octanol–water partition coefficient (Wildman–Crippen LogP) is 14.5. The molecule has 0 aliphatic heterocycles. The standard InChI is InChI=1S/C52H31N3OS/c1-3-11-32(12-4-1)33-21-23-34(24-22-33)35-26-28-46-43(29-35)50-51(56-46)49(53-31-54-50)40-17-10-20-47-48(40)41-18-9-16-38(52(41)57-47)36-25-27-45-42(30-36)39-15-7-8-19-44(39)55(45)37-13-5-2-6-14-37/h1-31H. The Morgan fingerprint density at radius 1 is 0.456 bits per heavy atom. The van der Waals surface area contributed by atoms with Gasteiger partial charge in [0.1, 0.15) is 23.1 Å². The smallest absolute Gasteiger partial charge is 0.180 e. The Hall–Kier alpha value is -7.34. The van der Waals surface area contributed by atoms with Crippen LogP contribution in [0.15, 0.2) is 193 Å². The van der Waals surface area contributed by atoms with E-state index in [-0.39, 0.29) is 0 Å². The number of fused-ring (bicyclic) bond motifs is 9. The number of rotatable bonds is 5. The first-order valence-corrected chi connectivity index (χ1v) is 20.0. The summed E-state index contributed by atoms with van der Waals surface area (Å²) in [5, 5.41) is 5.86. The van der Waals surface area contributed by atoms with Gasteiger partial charge in [0.25, 0.3) is 0 Å². The van der Waals surface area contributed by atoms with Gasteiger partial charge in [-0.25, -0.2) is 9.97 Å². The number of hydrogen-bond acceptors (Lipinski definition) is 4. The van der Waals surface area contributed by atoms with Gasteiger partial charge in [-0.3, -0.25) is 0 Å². The second-order valence-electron chi connectivity index (χ2n) is 14.5. The van der Waals surface area contributed by atoms with Crippen LogP contribution in [0, 0.1) is 0 Å². The van der Waals surface area contributed by atoms with Crippen molar-refractivity contribution in [2.75, 3.05) is 0 Å². The van der Waals surface area contributed by atoms with Gasteiger partial charge in [0.05, 0.1) is 11.0 Å². The lowest BCUT2D eigenvalue weighted by molar-refractivity contribution is 0.667. The number of para-hydroxylation sites is 2. The molecule has 12 aromatic rings. The number of thiophene rings is 1. The highest BCUT2D eigenvalue weighted by Gasteiger charge is 2.21. The zero-order chi connectivity index (χ0) is 37.5. The van der Waals surface area contributed by atoms with Crippen LogP contribution in [-0.2, 0) is 0 Å². The molecule has 0 aliphatic carbocycles. The number of nitrogens with zero attached hydrogens (tertiary/aromatic N) is 3. The molecule has 57 heavy (non-hydrogen) atoms. The Balaban J connectivity index is 0.984. The molecular weight excluding hydrogens is 715 g/mol. The molecule has 0 bridgehead atoms. The molecule has 0 N–H and O–H groups in total. The molecular formula is C52H31N3OS. The average Bonchev–Trinajstić information content (AvgIpc) is 3.96. The topological polar surface area (TPSA) is 43.9 Å². The fourth-order valence-corrected chi connectivity index (χ4v) is 9.97. The molecule has 0 amide bonds. The van der Waals surface area contributed by atoms with Crippen LogP contribution in [0.1, 0.15) is 0 Å². The molecule has 0 spiro atoms. The van der Waals surface area contributed by atoms with Gasteiger partial charge in [0.2, 0.25) is 0 Å². The van der Waals surface area contributed by atoms with Crippen molar-refractivity contribution in [3.8, 4) is 50.3 Å². The molecule has 0 radical (unpaired) electrons. The van der Waals surface area contributed by atoms with Crippen molar-refractivity contribution in [3.63, 3.8) is 0 Å². The fraction of sp³-hybridized carbons (Fsp3) is 0. The Bertz CT molecular complexity index is 3510. The zero-order valence-corrected chi connectivity index (χ0v) is 31.4. The first-order chi connectivity index (χ1) is 28.3. The largest absolute Gasteiger partial charge is 0.452 e. The molecule has 4 nitrogen and oxygen atoms in total. The number of benzene rings is 8. The van der Waals surface area contributed by atoms with E-state index in [1.165, 1.54) is 64.2 Å². The summed E-state index contributed by atoms with van der Waals surface area (Å²) in [6, 6.07) is 65.0. The summed E-state index contributed by atoms with van der Waals surface area (Å²) in [5.74, 6) is 0. The van der Waals surface area contributed by atoms with Crippen LogP contribution in [-0.4, -0.2) is 14.5 Å². The van der Waals surface area contributed by atoms with E-state index in [1.807, 2.05) is 17.4 Å². The lowest BCUT2D eigenvalue weighted by Gasteiger charge is -2.08. The summed E-state index contributed by atoms with van der Waals surface area (Å²) in [6.07, 6.45) is 1.67. The third kappa shape index (κ3) is 4.99. The predicted molar refractivity (Wildman–Crippen MR) is 238 cm³/mol. The quantitative estimate of drug-likeness (QED) is 0.176. The maximum Gasteiger partial charge on any atom is 0.180 e. The molecule has 5 heteroatoms. The van der Waals surface area contributed by atoms with Crippen molar-refractivity contribution in [1.29, 1.82) is 0 Å². The van der Waals surface area contributed by atoms with Gasteiger partial charge in [0.15, 0.2) is 5.58 Å². The maximum atomic E-state index is 6.62. The second-order valence-corrected chi connectivity index (χ2v) is 15.6. The van der Waals surface area contributed by atoms with E-state index in [1.54, 1.807) is 6.33 Å². The lowest BCUT2D eigenvalue weighted by atomic mass is 9.98.